The predicted molar refractivity (Wildman–Crippen MR) is 60.5 cm³/mol. The number of phenolic OH excluding ortho intramolecular Hbond substituents is 1. The number of Topliss-reactive ketones (excluding diaryl/α,β-unsaturated/α-hetero) is 1. The van der Waals surface area contributed by atoms with E-state index in [1.54, 1.807) is 19.1 Å². The highest BCUT2D eigenvalue weighted by Crippen LogP contribution is 2.19. The molecule has 1 N–H and O–H groups in total. The van der Waals surface area contributed by atoms with Gasteiger partial charge in [0.25, 0.3) is 0 Å². The first kappa shape index (κ1) is 10.8. The number of rotatable bonds is 2. The Morgan fingerprint density at radius 3 is 2.62 bits per heavy atom. The highest BCUT2D eigenvalue weighted by molar-refractivity contribution is 14.1. The molecule has 0 aliphatic heterocycles. The first-order valence-corrected chi connectivity index (χ1v) is 5.20. The van der Waals surface area contributed by atoms with E-state index in [9.17, 15) is 9.90 Å². The molecule has 0 aliphatic carbocycles. The molecule has 0 spiro atoms. The molecule has 0 aromatic heterocycles. The highest BCUT2D eigenvalue weighted by atomic mass is 127. The highest BCUT2D eigenvalue weighted by Gasteiger charge is 2.13. The molecular weight excluding hydrogens is 302 g/mol. The zero-order valence-corrected chi connectivity index (χ0v) is 9.83. The maximum absolute atomic E-state index is 11.4. The number of phenols is 1. The molecular formula is C9H8ClIO2. The Bertz CT molecular complexity index is 316. The van der Waals surface area contributed by atoms with Crippen LogP contribution >= 0.6 is 34.2 Å². The van der Waals surface area contributed by atoms with Gasteiger partial charge in [-0.25, -0.2) is 0 Å². The molecule has 0 fully saturated rings. The van der Waals surface area contributed by atoms with Gasteiger partial charge >= 0.3 is 0 Å². The molecule has 2 nitrogen and oxygen atoms in total. The summed E-state index contributed by atoms with van der Waals surface area (Å²) in [5, 5.41) is 8.67. The lowest BCUT2D eigenvalue weighted by molar-refractivity contribution is 0.0991. The summed E-state index contributed by atoms with van der Waals surface area (Å²) >= 11 is 7.67. The number of halogens is 2. The second-order valence-electron chi connectivity index (χ2n) is 2.68. The molecule has 1 unspecified atom stereocenters. The molecule has 1 aromatic carbocycles. The van der Waals surface area contributed by atoms with Crippen molar-refractivity contribution in [1.29, 1.82) is 0 Å². The third-order valence-electron chi connectivity index (χ3n) is 1.53. The largest absolute Gasteiger partial charge is 0.508 e. The van der Waals surface area contributed by atoms with Crippen molar-refractivity contribution >= 4 is 40.0 Å². The van der Waals surface area contributed by atoms with Crippen LogP contribution in [0.1, 0.15) is 17.3 Å². The average Bonchev–Trinajstić information content (AvgIpc) is 2.01. The maximum Gasteiger partial charge on any atom is 0.180 e. The maximum atomic E-state index is 11.4. The van der Waals surface area contributed by atoms with Crippen molar-refractivity contribution in [3.63, 3.8) is 0 Å². The lowest BCUT2D eigenvalue weighted by atomic mass is 10.1. The summed E-state index contributed by atoms with van der Waals surface area (Å²) < 4.78 is 0.818. The van der Waals surface area contributed by atoms with Gasteiger partial charge in [-0.05, 0) is 47.7 Å². The standard InChI is InChI=1S/C9H8ClIO2/c1-5(10)9(13)6-2-7(11)4-8(12)3-6/h2-5,12H,1H3. The van der Waals surface area contributed by atoms with Crippen LogP contribution in [0.2, 0.25) is 0 Å². The second-order valence-corrected chi connectivity index (χ2v) is 4.58. The summed E-state index contributed by atoms with van der Waals surface area (Å²) in [6.45, 7) is 1.61. The molecule has 1 atom stereocenters. The smallest absolute Gasteiger partial charge is 0.180 e. The Morgan fingerprint density at radius 1 is 1.54 bits per heavy atom. The van der Waals surface area contributed by atoms with E-state index in [-0.39, 0.29) is 11.5 Å². The summed E-state index contributed by atoms with van der Waals surface area (Å²) in [6.07, 6.45) is 0. The van der Waals surface area contributed by atoms with Gasteiger partial charge in [0.15, 0.2) is 5.78 Å². The number of alkyl halides is 1. The Morgan fingerprint density at radius 2 is 2.15 bits per heavy atom. The number of aromatic hydroxyl groups is 1. The number of carbonyl (C=O) groups excluding carboxylic acids is 1. The molecule has 13 heavy (non-hydrogen) atoms. The molecule has 4 heteroatoms. The molecule has 0 radical (unpaired) electrons. The average molecular weight is 311 g/mol. The summed E-state index contributed by atoms with van der Waals surface area (Å²) in [7, 11) is 0. The van der Waals surface area contributed by atoms with Gasteiger partial charge in [0.2, 0.25) is 0 Å². The van der Waals surface area contributed by atoms with E-state index >= 15 is 0 Å². The van der Waals surface area contributed by atoms with Crippen molar-refractivity contribution in [1.82, 2.24) is 0 Å². The van der Waals surface area contributed by atoms with Crippen LogP contribution < -0.4 is 0 Å². The van der Waals surface area contributed by atoms with E-state index in [1.807, 2.05) is 22.6 Å². The van der Waals surface area contributed by atoms with Crippen LogP contribution in [0.25, 0.3) is 0 Å². The number of hydrogen-bond acceptors (Lipinski definition) is 2. The summed E-state index contributed by atoms with van der Waals surface area (Å²) in [5.74, 6) is -0.0805. The first-order valence-electron chi connectivity index (χ1n) is 3.68. The summed E-state index contributed by atoms with van der Waals surface area (Å²) in [4.78, 5) is 11.4. The van der Waals surface area contributed by atoms with Crippen molar-refractivity contribution in [2.24, 2.45) is 0 Å². The monoisotopic (exact) mass is 310 g/mol. The molecule has 70 valence electrons. The van der Waals surface area contributed by atoms with Gasteiger partial charge in [-0.2, -0.15) is 0 Å². The van der Waals surface area contributed by atoms with Gasteiger partial charge in [0.05, 0.1) is 5.38 Å². The van der Waals surface area contributed by atoms with Crippen LogP contribution in [0.4, 0.5) is 0 Å². The van der Waals surface area contributed by atoms with E-state index in [1.165, 1.54) is 6.07 Å². The van der Waals surface area contributed by atoms with E-state index in [0.29, 0.717) is 5.56 Å². The van der Waals surface area contributed by atoms with E-state index in [4.69, 9.17) is 11.6 Å². The van der Waals surface area contributed by atoms with Crippen molar-refractivity contribution in [2.45, 2.75) is 12.3 Å². The third kappa shape index (κ3) is 2.84. The van der Waals surface area contributed by atoms with Crippen molar-refractivity contribution in [3.8, 4) is 5.75 Å². The lowest BCUT2D eigenvalue weighted by Gasteiger charge is -2.03. The molecule has 0 heterocycles. The third-order valence-corrected chi connectivity index (χ3v) is 2.35. The Balaban J connectivity index is 3.08. The number of hydrogen-bond donors (Lipinski definition) is 1. The van der Waals surface area contributed by atoms with Gasteiger partial charge in [0, 0.05) is 9.13 Å². The fraction of sp³-hybridized carbons (Fsp3) is 0.222. The minimum Gasteiger partial charge on any atom is -0.508 e. The number of benzene rings is 1. The van der Waals surface area contributed by atoms with Crippen molar-refractivity contribution < 1.29 is 9.90 Å². The van der Waals surface area contributed by atoms with Gasteiger partial charge < -0.3 is 5.11 Å². The van der Waals surface area contributed by atoms with Crippen LogP contribution in [-0.4, -0.2) is 16.3 Å². The van der Waals surface area contributed by atoms with Gasteiger partial charge in [0.1, 0.15) is 5.75 Å². The molecule has 1 aromatic rings. The van der Waals surface area contributed by atoms with Crippen LogP contribution in [0.3, 0.4) is 0 Å². The van der Waals surface area contributed by atoms with Crippen molar-refractivity contribution in [3.05, 3.63) is 27.3 Å². The normalized spacial score (nSPS) is 12.5. The fourth-order valence-corrected chi connectivity index (χ4v) is 1.73. The zero-order valence-electron chi connectivity index (χ0n) is 6.92. The topological polar surface area (TPSA) is 37.3 Å². The van der Waals surface area contributed by atoms with Gasteiger partial charge in [-0.3, -0.25) is 4.79 Å². The van der Waals surface area contributed by atoms with Gasteiger partial charge in [-0.1, -0.05) is 0 Å². The molecule has 0 saturated carbocycles. The first-order chi connectivity index (χ1) is 6.00. The van der Waals surface area contributed by atoms with Crippen LogP contribution in [-0.2, 0) is 0 Å². The van der Waals surface area contributed by atoms with Crippen LogP contribution in [0.15, 0.2) is 18.2 Å². The Hall–Kier alpha value is -0.290. The van der Waals surface area contributed by atoms with E-state index in [2.05, 4.69) is 0 Å². The molecule has 0 saturated heterocycles. The molecule has 0 aliphatic rings. The molecule has 0 bridgehead atoms. The number of carbonyl (C=O) groups is 1. The molecule has 0 amide bonds. The lowest BCUT2D eigenvalue weighted by Crippen LogP contribution is -2.10. The van der Waals surface area contributed by atoms with E-state index in [0.717, 1.165) is 3.57 Å². The predicted octanol–water partition coefficient (Wildman–Crippen LogP) is 2.81. The minimum atomic E-state index is -0.558. The molecule has 1 rings (SSSR count). The summed E-state index contributed by atoms with van der Waals surface area (Å²) in [6, 6.07) is 4.70. The quantitative estimate of drug-likeness (QED) is 0.518. The minimum absolute atomic E-state index is 0.0903. The van der Waals surface area contributed by atoms with Gasteiger partial charge in [-0.15, -0.1) is 11.6 Å². The van der Waals surface area contributed by atoms with Crippen LogP contribution in [0.5, 0.6) is 5.75 Å². The fourth-order valence-electron chi connectivity index (χ4n) is 0.946. The summed E-state index contributed by atoms with van der Waals surface area (Å²) in [5.41, 5.74) is 0.451. The number of ketones is 1. The zero-order chi connectivity index (χ0) is 10.0. The Kier molecular flexibility index (Phi) is 3.55. The van der Waals surface area contributed by atoms with E-state index < -0.39 is 5.38 Å². The Labute approximate surface area is 95.0 Å². The second kappa shape index (κ2) is 4.28. The van der Waals surface area contributed by atoms with Crippen LogP contribution in [0, 0.1) is 3.57 Å². The SMILES string of the molecule is CC(Cl)C(=O)c1cc(O)cc(I)c1. The van der Waals surface area contributed by atoms with Crippen molar-refractivity contribution in [2.75, 3.05) is 0 Å².